The molecule has 6 nitrogen and oxygen atoms in total. The molecule has 0 spiro atoms. The molecule has 174 valence electrons. The molecule has 3 amide bonds. The zero-order valence-corrected chi connectivity index (χ0v) is 20.8. The van der Waals surface area contributed by atoms with Gasteiger partial charge in [-0.05, 0) is 64.9 Å². The van der Waals surface area contributed by atoms with Crippen molar-refractivity contribution in [1.29, 1.82) is 0 Å². The van der Waals surface area contributed by atoms with Gasteiger partial charge in [0.05, 0.1) is 17.2 Å². The molecule has 0 saturated carbocycles. The molecule has 1 N–H and O–H groups in total. The molecule has 8 heteroatoms. The summed E-state index contributed by atoms with van der Waals surface area (Å²) < 4.78 is 26.3. The summed E-state index contributed by atoms with van der Waals surface area (Å²) in [6.45, 7) is 2.26. The number of halogens is 2. The third-order valence-electron chi connectivity index (χ3n) is 5.32. The van der Waals surface area contributed by atoms with Crippen molar-refractivity contribution in [3.05, 3.63) is 98.0 Å². The van der Waals surface area contributed by atoms with Crippen LogP contribution in [0.5, 0.6) is 11.5 Å². The lowest BCUT2D eigenvalue weighted by atomic mass is 10.1. The molecule has 4 rings (SSSR count). The number of nitrogens with one attached hydrogen (secondary N) is 1. The molecule has 0 aromatic heterocycles. The van der Waals surface area contributed by atoms with Crippen molar-refractivity contribution >= 4 is 40.6 Å². The number of hydrogen-bond donors (Lipinski definition) is 1. The summed E-state index contributed by atoms with van der Waals surface area (Å²) in [7, 11) is 1.54. The fourth-order valence-corrected chi connectivity index (χ4v) is 4.26. The van der Waals surface area contributed by atoms with Gasteiger partial charge in [0.1, 0.15) is 18.1 Å². The highest BCUT2D eigenvalue weighted by Crippen LogP contribution is 2.35. The van der Waals surface area contributed by atoms with Crippen LogP contribution in [0.4, 0.5) is 9.18 Å². The van der Waals surface area contributed by atoms with Gasteiger partial charge in [0.2, 0.25) is 0 Å². The summed E-state index contributed by atoms with van der Waals surface area (Å²) in [4.78, 5) is 26.2. The van der Waals surface area contributed by atoms with E-state index >= 15 is 0 Å². The first-order chi connectivity index (χ1) is 16.4. The number of carbonyl (C=O) groups excluding carboxylic acids is 2. The summed E-state index contributed by atoms with van der Waals surface area (Å²) in [5.41, 5.74) is 3.23. The van der Waals surface area contributed by atoms with Crippen LogP contribution in [-0.4, -0.2) is 23.9 Å². The van der Waals surface area contributed by atoms with E-state index in [2.05, 4.69) is 27.9 Å². The van der Waals surface area contributed by atoms with E-state index in [1.165, 1.54) is 11.6 Å². The van der Waals surface area contributed by atoms with Gasteiger partial charge in [-0.25, -0.2) is 9.18 Å². The molecule has 0 unspecified atom stereocenters. The number of hydrogen-bond acceptors (Lipinski definition) is 4. The summed E-state index contributed by atoms with van der Waals surface area (Å²) in [6, 6.07) is 17.1. The first-order valence-electron chi connectivity index (χ1n) is 10.5. The molecule has 0 radical (unpaired) electrons. The van der Waals surface area contributed by atoms with Crippen LogP contribution in [0.2, 0.25) is 0 Å². The predicted molar refractivity (Wildman–Crippen MR) is 135 cm³/mol. The smallest absolute Gasteiger partial charge is 0.329 e. The van der Waals surface area contributed by atoms with Crippen molar-refractivity contribution in [2.24, 2.45) is 0 Å². The molecule has 0 aliphatic carbocycles. The molecule has 1 aliphatic heterocycles. The van der Waals surface area contributed by atoms with Crippen LogP contribution in [-0.2, 0) is 17.9 Å². The third-order valence-corrected chi connectivity index (χ3v) is 6.12. The van der Waals surface area contributed by atoms with Gasteiger partial charge in [-0.15, -0.1) is 0 Å². The van der Waals surface area contributed by atoms with Crippen molar-refractivity contribution in [2.45, 2.75) is 20.1 Å². The highest BCUT2D eigenvalue weighted by Gasteiger charge is 2.34. The van der Waals surface area contributed by atoms with Gasteiger partial charge >= 0.3 is 6.03 Å². The molecule has 1 fully saturated rings. The van der Waals surface area contributed by atoms with E-state index in [9.17, 15) is 14.0 Å². The van der Waals surface area contributed by atoms with Crippen LogP contribution in [0.1, 0.15) is 22.3 Å². The van der Waals surface area contributed by atoms with Crippen molar-refractivity contribution < 1.29 is 23.5 Å². The third kappa shape index (κ3) is 5.22. The maximum absolute atomic E-state index is 14.0. The molecule has 0 bridgehead atoms. The molecule has 1 heterocycles. The number of urea groups is 1. The largest absolute Gasteiger partial charge is 0.493 e. The molecule has 1 saturated heterocycles. The molecule has 3 aromatic rings. The van der Waals surface area contributed by atoms with Crippen LogP contribution >= 0.6 is 22.6 Å². The zero-order chi connectivity index (χ0) is 24.2. The Morgan fingerprint density at radius 2 is 1.82 bits per heavy atom. The Morgan fingerprint density at radius 3 is 2.53 bits per heavy atom. The minimum Gasteiger partial charge on any atom is -0.493 e. The van der Waals surface area contributed by atoms with Crippen molar-refractivity contribution in [1.82, 2.24) is 10.2 Å². The number of imide groups is 1. The van der Waals surface area contributed by atoms with Gasteiger partial charge in [0.25, 0.3) is 5.91 Å². The Labute approximate surface area is 210 Å². The van der Waals surface area contributed by atoms with Gasteiger partial charge in [-0.1, -0.05) is 48.0 Å². The number of aryl methyl sites for hydroxylation is 1. The fraction of sp³-hybridized carbons (Fsp3) is 0.154. The summed E-state index contributed by atoms with van der Waals surface area (Å²) in [6.07, 6.45) is 1.57. The van der Waals surface area contributed by atoms with Crippen molar-refractivity contribution in [3.63, 3.8) is 0 Å². The number of benzene rings is 3. The van der Waals surface area contributed by atoms with Gasteiger partial charge in [-0.2, -0.15) is 0 Å². The quantitative estimate of drug-likeness (QED) is 0.233. The van der Waals surface area contributed by atoms with Gasteiger partial charge in [0, 0.05) is 5.56 Å². The first-order valence-corrected chi connectivity index (χ1v) is 11.6. The Bertz CT molecular complexity index is 1270. The van der Waals surface area contributed by atoms with E-state index in [4.69, 9.17) is 9.47 Å². The molecule has 3 aromatic carbocycles. The number of ether oxygens (including phenoxy) is 2. The highest BCUT2D eigenvalue weighted by atomic mass is 127. The van der Waals surface area contributed by atoms with E-state index in [1.807, 2.05) is 37.3 Å². The highest BCUT2D eigenvalue weighted by molar-refractivity contribution is 14.1. The number of carbonyl (C=O) groups is 2. The number of methoxy groups -OCH3 is 1. The SMILES string of the molecule is COc1cc(/C=C2/NC(=O)N(Cc3ccccc3F)C2=O)cc(I)c1OCc1ccc(C)cc1. The van der Waals surface area contributed by atoms with Crippen LogP contribution in [0, 0.1) is 16.3 Å². The standard InChI is InChI=1S/C26H22FIN2O4/c1-16-7-9-17(10-8-16)15-34-24-21(28)11-18(13-23(24)33-2)12-22-25(31)30(26(32)29-22)14-19-5-3-4-6-20(19)27/h3-13H,14-15H2,1-2H3,(H,29,32)/b22-12+. The Hall–Kier alpha value is -3.40. The lowest BCUT2D eigenvalue weighted by Crippen LogP contribution is -2.30. The number of nitrogens with zero attached hydrogens (tertiary/aromatic N) is 1. The maximum atomic E-state index is 14.0. The lowest BCUT2D eigenvalue weighted by molar-refractivity contribution is -0.123. The normalized spacial score (nSPS) is 14.5. The summed E-state index contributed by atoms with van der Waals surface area (Å²) >= 11 is 2.14. The monoisotopic (exact) mass is 572 g/mol. The second-order valence-electron chi connectivity index (χ2n) is 7.78. The molecule has 0 atom stereocenters. The predicted octanol–water partition coefficient (Wildman–Crippen LogP) is 5.42. The number of amides is 3. The average Bonchev–Trinajstić information content (AvgIpc) is 3.07. The molecular formula is C26H22FIN2O4. The topological polar surface area (TPSA) is 67.9 Å². The maximum Gasteiger partial charge on any atom is 0.329 e. The first kappa shape index (κ1) is 23.7. The molecular weight excluding hydrogens is 550 g/mol. The van der Waals surface area contributed by atoms with Crippen molar-refractivity contribution in [3.8, 4) is 11.5 Å². The van der Waals surface area contributed by atoms with E-state index in [0.29, 0.717) is 23.7 Å². The van der Waals surface area contributed by atoms with E-state index in [-0.39, 0.29) is 17.8 Å². The minimum atomic E-state index is -0.598. The molecule has 34 heavy (non-hydrogen) atoms. The van der Waals surface area contributed by atoms with Crippen LogP contribution in [0.3, 0.4) is 0 Å². The Morgan fingerprint density at radius 1 is 1.09 bits per heavy atom. The summed E-state index contributed by atoms with van der Waals surface area (Å²) in [5, 5.41) is 2.57. The summed E-state index contributed by atoms with van der Waals surface area (Å²) in [5.74, 6) is 0.0996. The Kier molecular flexibility index (Phi) is 7.16. The zero-order valence-electron chi connectivity index (χ0n) is 18.6. The molecule has 1 aliphatic rings. The van der Waals surface area contributed by atoms with Crippen LogP contribution in [0.15, 0.2) is 66.4 Å². The second kappa shape index (κ2) is 10.3. The van der Waals surface area contributed by atoms with Crippen molar-refractivity contribution in [2.75, 3.05) is 7.11 Å². The van der Waals surface area contributed by atoms with E-state index < -0.39 is 17.8 Å². The van der Waals surface area contributed by atoms with Gasteiger partial charge in [0.15, 0.2) is 11.5 Å². The van der Waals surface area contributed by atoms with Crippen LogP contribution < -0.4 is 14.8 Å². The van der Waals surface area contributed by atoms with Gasteiger partial charge < -0.3 is 14.8 Å². The van der Waals surface area contributed by atoms with E-state index in [0.717, 1.165) is 14.0 Å². The second-order valence-corrected chi connectivity index (χ2v) is 8.94. The van der Waals surface area contributed by atoms with Gasteiger partial charge in [-0.3, -0.25) is 9.69 Å². The minimum absolute atomic E-state index is 0.104. The average molecular weight is 572 g/mol. The Balaban J connectivity index is 1.53. The van der Waals surface area contributed by atoms with E-state index in [1.54, 1.807) is 37.5 Å². The number of rotatable bonds is 7. The fourth-order valence-electron chi connectivity index (χ4n) is 3.48. The lowest BCUT2D eigenvalue weighted by Gasteiger charge is -2.14. The van der Waals surface area contributed by atoms with Crippen LogP contribution in [0.25, 0.3) is 6.08 Å².